The van der Waals surface area contributed by atoms with E-state index in [1.165, 1.54) is 0 Å². The lowest BCUT2D eigenvalue weighted by atomic mass is 10.1. The normalized spacial score (nSPS) is 22.8. The quantitative estimate of drug-likeness (QED) is 0.420. The fourth-order valence-electron chi connectivity index (χ4n) is 2.85. The number of aromatic amines is 1. The largest absolute Gasteiger partial charge is 0.465 e. The van der Waals surface area contributed by atoms with Crippen LogP contribution in [0.15, 0.2) is 15.8 Å². The SMILES string of the molecule is COC(=O)c1cn([C@@H]2O[C@H](COC(C)=O)[C@@H](OC(C)=O)[C@@H]2OC(C)=O)c(=O)[nH]c1=O. The summed E-state index contributed by atoms with van der Waals surface area (Å²) in [5.74, 6) is -3.22. The van der Waals surface area contributed by atoms with Crippen molar-refractivity contribution >= 4 is 23.9 Å². The first kappa shape index (κ1) is 22.8. The third-order valence-corrected chi connectivity index (χ3v) is 3.99. The molecular weight excluding hydrogens is 408 g/mol. The van der Waals surface area contributed by atoms with Gasteiger partial charge in [-0.1, -0.05) is 0 Å². The Morgan fingerprint density at radius 1 is 1.03 bits per heavy atom. The molecule has 2 rings (SSSR count). The molecule has 30 heavy (non-hydrogen) atoms. The number of carbonyl (C=O) groups is 4. The van der Waals surface area contributed by atoms with Crippen LogP contribution >= 0.6 is 0 Å². The third kappa shape index (κ3) is 5.11. The van der Waals surface area contributed by atoms with Gasteiger partial charge in [0.15, 0.2) is 18.4 Å². The zero-order chi connectivity index (χ0) is 22.6. The molecular formula is C17H20N2O11. The van der Waals surface area contributed by atoms with E-state index in [0.29, 0.717) is 0 Å². The zero-order valence-electron chi connectivity index (χ0n) is 16.5. The molecule has 0 radical (unpaired) electrons. The van der Waals surface area contributed by atoms with Gasteiger partial charge in [-0.2, -0.15) is 0 Å². The molecule has 13 nitrogen and oxygen atoms in total. The number of ether oxygens (including phenoxy) is 5. The van der Waals surface area contributed by atoms with E-state index in [0.717, 1.165) is 38.6 Å². The zero-order valence-corrected chi connectivity index (χ0v) is 16.5. The van der Waals surface area contributed by atoms with Gasteiger partial charge in [-0.15, -0.1) is 0 Å². The molecule has 1 aliphatic rings. The fraction of sp³-hybridized carbons (Fsp3) is 0.529. The summed E-state index contributed by atoms with van der Waals surface area (Å²) in [6.07, 6.45) is -4.29. The second-order valence-electron chi connectivity index (χ2n) is 6.22. The Balaban J connectivity index is 2.55. The Morgan fingerprint density at radius 2 is 1.63 bits per heavy atom. The van der Waals surface area contributed by atoms with Gasteiger partial charge in [-0.3, -0.25) is 28.7 Å². The molecule has 0 amide bonds. The molecule has 164 valence electrons. The Bertz CT molecular complexity index is 963. The number of nitrogens with one attached hydrogen (secondary N) is 1. The summed E-state index contributed by atoms with van der Waals surface area (Å²) >= 11 is 0. The van der Waals surface area contributed by atoms with Crippen LogP contribution in [-0.2, 0) is 38.1 Å². The van der Waals surface area contributed by atoms with Crippen LogP contribution in [0.25, 0.3) is 0 Å². The summed E-state index contributed by atoms with van der Waals surface area (Å²) in [5.41, 5.74) is -2.52. The van der Waals surface area contributed by atoms with E-state index < -0.39 is 65.2 Å². The summed E-state index contributed by atoms with van der Waals surface area (Å²) in [4.78, 5) is 72.3. The minimum absolute atomic E-state index is 0.385. The van der Waals surface area contributed by atoms with Crippen molar-refractivity contribution in [2.75, 3.05) is 13.7 Å². The van der Waals surface area contributed by atoms with Gasteiger partial charge in [0.1, 0.15) is 18.3 Å². The molecule has 4 atom stereocenters. The first-order chi connectivity index (χ1) is 14.0. The average Bonchev–Trinajstić information content (AvgIpc) is 2.95. The summed E-state index contributed by atoms with van der Waals surface area (Å²) in [7, 11) is 1.04. The van der Waals surface area contributed by atoms with Crippen molar-refractivity contribution in [1.82, 2.24) is 9.55 Å². The number of hydrogen-bond donors (Lipinski definition) is 1. The highest BCUT2D eigenvalue weighted by molar-refractivity contribution is 5.88. The minimum atomic E-state index is -1.42. The van der Waals surface area contributed by atoms with Crippen LogP contribution in [0.4, 0.5) is 0 Å². The Kier molecular flexibility index (Phi) is 7.10. The van der Waals surface area contributed by atoms with Crippen LogP contribution in [0.5, 0.6) is 0 Å². The highest BCUT2D eigenvalue weighted by Crippen LogP contribution is 2.33. The van der Waals surface area contributed by atoms with Crippen molar-refractivity contribution in [1.29, 1.82) is 0 Å². The van der Waals surface area contributed by atoms with Gasteiger partial charge in [0, 0.05) is 27.0 Å². The van der Waals surface area contributed by atoms with Crippen molar-refractivity contribution in [3.8, 4) is 0 Å². The molecule has 0 saturated carbocycles. The molecule has 13 heteroatoms. The van der Waals surface area contributed by atoms with E-state index in [4.69, 9.17) is 18.9 Å². The molecule has 0 unspecified atom stereocenters. The van der Waals surface area contributed by atoms with Crippen molar-refractivity contribution < 1.29 is 42.9 Å². The number of esters is 4. The van der Waals surface area contributed by atoms with Crippen molar-refractivity contribution in [3.05, 3.63) is 32.6 Å². The molecule has 1 aromatic rings. The predicted octanol–water partition coefficient (Wildman–Crippen LogP) is -1.35. The first-order valence-corrected chi connectivity index (χ1v) is 8.62. The van der Waals surface area contributed by atoms with Crippen LogP contribution in [0, 0.1) is 0 Å². The van der Waals surface area contributed by atoms with E-state index in [1.807, 2.05) is 4.98 Å². The molecule has 1 saturated heterocycles. The lowest BCUT2D eigenvalue weighted by Crippen LogP contribution is -2.43. The maximum absolute atomic E-state index is 12.4. The standard InChI is InChI=1S/C17H20N2O11/c1-7(20)27-6-11-12(28-8(2)21)13(29-9(3)22)15(30-11)19-5-10(16(24)26-4)14(23)18-17(19)25/h5,11-13,15H,6H2,1-4H3,(H,18,23,25)/t11-,12-,13+,15-/m1/s1. The van der Waals surface area contributed by atoms with Gasteiger partial charge in [-0.05, 0) is 0 Å². The van der Waals surface area contributed by atoms with Crippen LogP contribution in [0.1, 0.15) is 37.4 Å². The smallest absolute Gasteiger partial charge is 0.345 e. The highest BCUT2D eigenvalue weighted by atomic mass is 16.7. The van der Waals surface area contributed by atoms with Crippen molar-refractivity contribution in [3.63, 3.8) is 0 Å². The number of hydrogen-bond acceptors (Lipinski definition) is 11. The van der Waals surface area contributed by atoms with Gasteiger partial charge in [0.05, 0.1) is 7.11 Å². The Morgan fingerprint density at radius 3 is 2.17 bits per heavy atom. The average molecular weight is 428 g/mol. The summed E-state index contributed by atoms with van der Waals surface area (Å²) in [6, 6.07) is 0. The van der Waals surface area contributed by atoms with Gasteiger partial charge < -0.3 is 23.7 Å². The van der Waals surface area contributed by atoms with E-state index in [2.05, 4.69) is 4.74 Å². The number of methoxy groups -OCH3 is 1. The predicted molar refractivity (Wildman–Crippen MR) is 94.3 cm³/mol. The molecule has 0 bridgehead atoms. The monoisotopic (exact) mass is 428 g/mol. The van der Waals surface area contributed by atoms with Crippen LogP contribution in [0.2, 0.25) is 0 Å². The Hall–Kier alpha value is -3.48. The third-order valence-electron chi connectivity index (χ3n) is 3.99. The lowest BCUT2D eigenvalue weighted by Gasteiger charge is -2.24. The maximum Gasteiger partial charge on any atom is 0.345 e. The highest BCUT2D eigenvalue weighted by Gasteiger charge is 2.51. The van der Waals surface area contributed by atoms with Crippen LogP contribution in [0.3, 0.4) is 0 Å². The number of nitrogens with zero attached hydrogens (tertiary/aromatic N) is 1. The second-order valence-corrected chi connectivity index (χ2v) is 6.22. The molecule has 0 aromatic carbocycles. The summed E-state index contributed by atoms with van der Waals surface area (Å²) in [6.45, 7) is 2.94. The molecule has 2 heterocycles. The lowest BCUT2D eigenvalue weighted by molar-refractivity contribution is -0.166. The minimum Gasteiger partial charge on any atom is -0.465 e. The first-order valence-electron chi connectivity index (χ1n) is 8.62. The molecule has 1 fully saturated rings. The second kappa shape index (κ2) is 9.35. The van der Waals surface area contributed by atoms with Crippen molar-refractivity contribution in [2.24, 2.45) is 0 Å². The number of aromatic nitrogens is 2. The van der Waals surface area contributed by atoms with Gasteiger partial charge in [0.25, 0.3) is 5.56 Å². The van der Waals surface area contributed by atoms with E-state index in [9.17, 15) is 28.8 Å². The molecule has 1 N–H and O–H groups in total. The molecule has 0 aliphatic carbocycles. The number of rotatable bonds is 6. The molecule has 1 aromatic heterocycles. The van der Waals surface area contributed by atoms with E-state index in [-0.39, 0.29) is 6.61 Å². The van der Waals surface area contributed by atoms with Gasteiger partial charge >= 0.3 is 29.6 Å². The van der Waals surface area contributed by atoms with Crippen LogP contribution < -0.4 is 11.2 Å². The number of carbonyl (C=O) groups excluding carboxylic acids is 4. The van der Waals surface area contributed by atoms with E-state index >= 15 is 0 Å². The number of H-pyrrole nitrogens is 1. The topological polar surface area (TPSA) is 169 Å². The van der Waals surface area contributed by atoms with Gasteiger partial charge in [0.2, 0.25) is 0 Å². The maximum atomic E-state index is 12.4. The molecule has 0 spiro atoms. The fourth-order valence-corrected chi connectivity index (χ4v) is 2.85. The summed E-state index contributed by atoms with van der Waals surface area (Å²) in [5, 5.41) is 0. The summed E-state index contributed by atoms with van der Waals surface area (Å²) < 4.78 is 26.2. The van der Waals surface area contributed by atoms with Crippen molar-refractivity contribution in [2.45, 2.75) is 45.3 Å². The molecule has 1 aliphatic heterocycles. The Labute approximate surface area is 168 Å². The van der Waals surface area contributed by atoms with E-state index in [1.54, 1.807) is 0 Å². The van der Waals surface area contributed by atoms with Crippen LogP contribution in [-0.4, -0.2) is 65.5 Å². The van der Waals surface area contributed by atoms with Gasteiger partial charge in [-0.25, -0.2) is 9.59 Å².